The van der Waals surface area contributed by atoms with Crippen LogP contribution in [-0.2, 0) is 13.0 Å². The maximum absolute atomic E-state index is 11.3. The van der Waals surface area contributed by atoms with Gasteiger partial charge in [0.15, 0.2) is 0 Å². The van der Waals surface area contributed by atoms with Crippen molar-refractivity contribution >= 4 is 11.3 Å². The summed E-state index contributed by atoms with van der Waals surface area (Å²) in [5.74, 6) is 2.14. The fourth-order valence-corrected chi connectivity index (χ4v) is 6.85. The summed E-state index contributed by atoms with van der Waals surface area (Å²) in [7, 11) is 1.70. The van der Waals surface area contributed by atoms with E-state index in [1.165, 1.54) is 16.7 Å². The molecule has 0 radical (unpaired) electrons. The second-order valence-electron chi connectivity index (χ2n) is 10.8. The minimum atomic E-state index is -0.509. The van der Waals surface area contributed by atoms with E-state index in [2.05, 4.69) is 69.1 Å². The van der Waals surface area contributed by atoms with Crippen LogP contribution in [0.25, 0.3) is 0 Å². The van der Waals surface area contributed by atoms with Gasteiger partial charge in [-0.15, -0.1) is 0 Å². The summed E-state index contributed by atoms with van der Waals surface area (Å²) in [6, 6.07) is 21.5. The van der Waals surface area contributed by atoms with Gasteiger partial charge in [-0.2, -0.15) is 11.3 Å². The fourth-order valence-electron chi connectivity index (χ4n) is 6.13. The summed E-state index contributed by atoms with van der Waals surface area (Å²) in [5.41, 5.74) is 3.72. The zero-order valence-corrected chi connectivity index (χ0v) is 22.3. The number of hydrogen-bond donors (Lipinski definition) is 1. The molecular formula is C31H40N2O2S. The number of likely N-dealkylation sites (tertiary alicyclic amines) is 2. The summed E-state index contributed by atoms with van der Waals surface area (Å²) in [5, 5.41) is 15.8. The highest BCUT2D eigenvalue weighted by atomic mass is 32.1. The summed E-state index contributed by atoms with van der Waals surface area (Å²) >= 11 is 1.82. The number of aryl methyl sites for hydroxylation is 1. The van der Waals surface area contributed by atoms with Gasteiger partial charge in [0, 0.05) is 45.2 Å². The molecular weight excluding hydrogens is 464 g/mol. The Morgan fingerprint density at radius 2 is 1.72 bits per heavy atom. The number of nitrogens with zero attached hydrogens (tertiary/aromatic N) is 2. The van der Waals surface area contributed by atoms with Crippen LogP contribution in [0.2, 0.25) is 0 Å². The summed E-state index contributed by atoms with van der Waals surface area (Å²) < 4.78 is 5.26. The van der Waals surface area contributed by atoms with Crippen molar-refractivity contribution in [3.05, 3.63) is 88.1 Å². The second-order valence-corrected chi connectivity index (χ2v) is 11.6. The third-order valence-corrected chi connectivity index (χ3v) is 8.98. The van der Waals surface area contributed by atoms with Crippen LogP contribution in [0, 0.1) is 5.92 Å². The molecule has 192 valence electrons. The zero-order valence-electron chi connectivity index (χ0n) is 21.5. The van der Waals surface area contributed by atoms with E-state index in [9.17, 15) is 5.11 Å². The highest BCUT2D eigenvalue weighted by Crippen LogP contribution is 2.36. The topological polar surface area (TPSA) is 35.9 Å². The highest BCUT2D eigenvalue weighted by molar-refractivity contribution is 7.08. The molecule has 2 aromatic carbocycles. The molecule has 0 bridgehead atoms. The number of ether oxygens (including phenoxy) is 1. The lowest BCUT2D eigenvalue weighted by atomic mass is 9.84. The van der Waals surface area contributed by atoms with Gasteiger partial charge >= 0.3 is 0 Å². The van der Waals surface area contributed by atoms with Crippen LogP contribution < -0.4 is 4.74 Å². The number of benzene rings is 2. The Hall–Kier alpha value is -2.18. The molecule has 36 heavy (non-hydrogen) atoms. The summed E-state index contributed by atoms with van der Waals surface area (Å²) in [6.45, 7) is 6.46. The molecule has 2 saturated heterocycles. The Morgan fingerprint density at radius 1 is 0.944 bits per heavy atom. The molecule has 5 heteroatoms. The first-order valence-electron chi connectivity index (χ1n) is 13.5. The van der Waals surface area contributed by atoms with E-state index in [0.717, 1.165) is 77.1 Å². The maximum Gasteiger partial charge on any atom is 0.118 e. The third-order valence-electron chi connectivity index (χ3n) is 8.28. The number of rotatable bonds is 10. The van der Waals surface area contributed by atoms with E-state index < -0.39 is 5.60 Å². The average Bonchev–Trinajstić information content (AvgIpc) is 3.57. The van der Waals surface area contributed by atoms with Gasteiger partial charge < -0.3 is 14.7 Å². The minimum Gasteiger partial charge on any atom is -0.497 e. The number of methoxy groups -OCH3 is 1. The number of aliphatic hydroxyl groups is 1. The van der Waals surface area contributed by atoms with Gasteiger partial charge in [0.05, 0.1) is 12.7 Å². The first-order chi connectivity index (χ1) is 17.6. The molecule has 3 heterocycles. The smallest absolute Gasteiger partial charge is 0.118 e. The first kappa shape index (κ1) is 25.5. The van der Waals surface area contributed by atoms with Crippen molar-refractivity contribution in [2.24, 2.45) is 5.92 Å². The predicted octanol–water partition coefficient (Wildman–Crippen LogP) is 5.82. The monoisotopic (exact) mass is 504 g/mol. The van der Waals surface area contributed by atoms with E-state index in [0.29, 0.717) is 11.8 Å². The molecule has 0 saturated carbocycles. The first-order valence-corrected chi connectivity index (χ1v) is 14.4. The fraction of sp³-hybridized carbons (Fsp3) is 0.484. The Morgan fingerprint density at radius 3 is 2.42 bits per heavy atom. The van der Waals surface area contributed by atoms with E-state index in [-0.39, 0.29) is 0 Å². The Kier molecular flexibility index (Phi) is 8.43. The molecule has 2 atom stereocenters. The number of hydrogen-bond acceptors (Lipinski definition) is 5. The Balaban J connectivity index is 1.12. The van der Waals surface area contributed by atoms with Crippen LogP contribution in [0.3, 0.4) is 0 Å². The lowest BCUT2D eigenvalue weighted by Gasteiger charge is -2.39. The van der Waals surface area contributed by atoms with Gasteiger partial charge in [0.25, 0.3) is 0 Å². The molecule has 0 amide bonds. The van der Waals surface area contributed by atoms with Gasteiger partial charge in [-0.1, -0.05) is 42.5 Å². The quantitative estimate of drug-likeness (QED) is 0.377. The molecule has 2 aliphatic rings. The van der Waals surface area contributed by atoms with Gasteiger partial charge in [-0.25, -0.2) is 0 Å². The van der Waals surface area contributed by atoms with Crippen molar-refractivity contribution in [3.8, 4) is 5.75 Å². The molecule has 2 fully saturated rings. The summed E-state index contributed by atoms with van der Waals surface area (Å²) in [4.78, 5) is 5.26. The third kappa shape index (κ3) is 6.57. The van der Waals surface area contributed by atoms with Crippen LogP contribution in [-0.4, -0.2) is 60.3 Å². The van der Waals surface area contributed by atoms with Crippen molar-refractivity contribution in [1.82, 2.24) is 9.80 Å². The van der Waals surface area contributed by atoms with E-state index in [1.54, 1.807) is 7.11 Å². The summed E-state index contributed by atoms with van der Waals surface area (Å²) in [6.07, 6.45) is 4.70. The predicted molar refractivity (Wildman–Crippen MR) is 149 cm³/mol. The molecule has 4 nitrogen and oxygen atoms in total. The van der Waals surface area contributed by atoms with E-state index in [1.807, 2.05) is 23.5 Å². The van der Waals surface area contributed by atoms with Crippen molar-refractivity contribution in [3.63, 3.8) is 0 Å². The SMILES string of the molecule is COc1ccc(CCCC2(O)CCN(CC3CN(Cc4ccccc4)C[C@H]3c3ccsc3)CC2)cc1. The maximum atomic E-state index is 11.3. The van der Waals surface area contributed by atoms with Crippen molar-refractivity contribution in [2.45, 2.75) is 50.2 Å². The van der Waals surface area contributed by atoms with Crippen LogP contribution >= 0.6 is 11.3 Å². The lowest BCUT2D eigenvalue weighted by molar-refractivity contribution is -0.0316. The van der Waals surface area contributed by atoms with Gasteiger partial charge in [0.2, 0.25) is 0 Å². The van der Waals surface area contributed by atoms with Crippen molar-refractivity contribution in [1.29, 1.82) is 0 Å². The van der Waals surface area contributed by atoms with Crippen LogP contribution in [0.15, 0.2) is 71.4 Å². The second kappa shape index (κ2) is 11.9. The van der Waals surface area contributed by atoms with Crippen molar-refractivity contribution < 1.29 is 9.84 Å². The normalized spacial score (nSPS) is 22.6. The minimum absolute atomic E-state index is 0.509. The van der Waals surface area contributed by atoms with E-state index in [4.69, 9.17) is 4.74 Å². The molecule has 1 aromatic heterocycles. The number of piperidine rings is 1. The molecule has 5 rings (SSSR count). The van der Waals surface area contributed by atoms with Gasteiger partial charge in [0.1, 0.15) is 5.75 Å². The van der Waals surface area contributed by atoms with Gasteiger partial charge in [-0.3, -0.25) is 4.90 Å². The standard InChI is InChI=1S/C31H40N2O2S/c1-35-29-11-9-25(10-12-29)8-5-14-31(34)15-17-32(18-16-31)21-28-22-33(20-26-6-3-2-4-7-26)23-30(28)27-13-19-36-24-27/h2-4,6-7,9-13,19,24,28,30,34H,5,8,14-18,20-23H2,1H3/t28?,30-/m0/s1. The largest absolute Gasteiger partial charge is 0.497 e. The molecule has 0 spiro atoms. The zero-order chi connectivity index (χ0) is 24.8. The molecule has 1 N–H and O–H groups in total. The lowest BCUT2D eigenvalue weighted by Crippen LogP contribution is -2.46. The van der Waals surface area contributed by atoms with Crippen LogP contribution in [0.1, 0.15) is 48.3 Å². The molecule has 0 aliphatic carbocycles. The highest BCUT2D eigenvalue weighted by Gasteiger charge is 2.37. The molecule has 2 aliphatic heterocycles. The van der Waals surface area contributed by atoms with Crippen LogP contribution in [0.5, 0.6) is 5.75 Å². The van der Waals surface area contributed by atoms with E-state index >= 15 is 0 Å². The number of thiophene rings is 1. The van der Waals surface area contributed by atoms with Crippen molar-refractivity contribution in [2.75, 3.05) is 39.8 Å². The van der Waals surface area contributed by atoms with Gasteiger partial charge in [-0.05, 0) is 83.7 Å². The molecule has 3 aromatic rings. The Bertz CT molecular complexity index is 1050. The average molecular weight is 505 g/mol. The molecule has 1 unspecified atom stereocenters. The van der Waals surface area contributed by atoms with Crippen LogP contribution in [0.4, 0.5) is 0 Å². The Labute approximate surface area is 220 Å².